The molecule has 1 unspecified atom stereocenters. The number of aromatic nitrogens is 1. The van der Waals surface area contributed by atoms with Crippen LogP contribution in [0.15, 0.2) is 5.38 Å². The number of ether oxygens (including phenoxy) is 1. The Kier molecular flexibility index (Phi) is 5.44. The molecule has 4 heteroatoms. The summed E-state index contributed by atoms with van der Waals surface area (Å²) in [6.45, 7) is 10.9. The van der Waals surface area contributed by atoms with Crippen molar-refractivity contribution in [3.8, 4) is 0 Å². The van der Waals surface area contributed by atoms with Gasteiger partial charge in [-0.2, -0.15) is 0 Å². The first kappa shape index (κ1) is 16.9. The maximum absolute atomic E-state index is 5.23. The van der Waals surface area contributed by atoms with E-state index in [0.29, 0.717) is 11.3 Å². The fourth-order valence-corrected chi connectivity index (χ4v) is 4.62. The van der Waals surface area contributed by atoms with E-state index in [4.69, 9.17) is 9.72 Å². The maximum atomic E-state index is 5.23. The summed E-state index contributed by atoms with van der Waals surface area (Å²) >= 11 is 1.83. The molecule has 1 heterocycles. The van der Waals surface area contributed by atoms with Crippen molar-refractivity contribution in [3.05, 3.63) is 16.1 Å². The minimum Gasteiger partial charge on any atom is -0.383 e. The zero-order chi connectivity index (χ0) is 15.5. The summed E-state index contributed by atoms with van der Waals surface area (Å²) in [5.41, 5.74) is 1.64. The molecule has 0 radical (unpaired) electrons. The number of hydrogen-bond acceptors (Lipinski definition) is 4. The molecule has 1 aromatic heterocycles. The van der Waals surface area contributed by atoms with E-state index >= 15 is 0 Å². The average Bonchev–Trinajstić information content (AvgIpc) is 2.88. The lowest BCUT2D eigenvalue weighted by molar-refractivity contribution is 0.105. The Morgan fingerprint density at radius 2 is 2.14 bits per heavy atom. The molecular formula is C17H30N2OS. The fraction of sp³-hybridized carbons (Fsp3) is 0.824. The van der Waals surface area contributed by atoms with Gasteiger partial charge in [-0.05, 0) is 30.6 Å². The summed E-state index contributed by atoms with van der Waals surface area (Å²) in [6.07, 6.45) is 4.92. The molecule has 3 nitrogen and oxygen atoms in total. The number of nitrogens with one attached hydrogen (secondary N) is 1. The molecule has 0 amide bonds. The second-order valence-corrected chi connectivity index (χ2v) is 8.29. The maximum Gasteiger partial charge on any atom is 0.113 e. The highest BCUT2D eigenvalue weighted by molar-refractivity contribution is 7.09. The third kappa shape index (κ3) is 4.05. The summed E-state index contributed by atoms with van der Waals surface area (Å²) in [6, 6.07) is 0. The average molecular weight is 311 g/mol. The first-order chi connectivity index (χ1) is 9.88. The Morgan fingerprint density at radius 3 is 2.71 bits per heavy atom. The summed E-state index contributed by atoms with van der Waals surface area (Å²) in [5.74, 6) is 0.502. The summed E-state index contributed by atoms with van der Waals surface area (Å²) in [7, 11) is 1.76. The highest BCUT2D eigenvalue weighted by atomic mass is 32.1. The molecular weight excluding hydrogens is 280 g/mol. The van der Waals surface area contributed by atoms with Gasteiger partial charge in [-0.1, -0.05) is 34.1 Å². The third-order valence-corrected chi connectivity index (χ3v) is 5.59. The second kappa shape index (κ2) is 6.76. The molecule has 0 spiro atoms. The Bertz CT molecular complexity index is 455. The van der Waals surface area contributed by atoms with Crippen molar-refractivity contribution in [3.63, 3.8) is 0 Å². The van der Waals surface area contributed by atoms with Gasteiger partial charge in [0.2, 0.25) is 0 Å². The topological polar surface area (TPSA) is 34.1 Å². The van der Waals surface area contributed by atoms with Crippen LogP contribution in [0.25, 0.3) is 0 Å². The lowest BCUT2D eigenvalue weighted by Gasteiger charge is -2.44. The van der Waals surface area contributed by atoms with E-state index in [9.17, 15) is 0 Å². The van der Waals surface area contributed by atoms with Crippen LogP contribution in [0.1, 0.15) is 70.0 Å². The number of rotatable bonds is 6. The molecule has 1 aliphatic rings. The SMILES string of the molecule is COCCNC1(c2nc(C(C)C)cs2)CCCC(C)(C)C1. The zero-order valence-corrected chi connectivity index (χ0v) is 15.0. The normalized spacial score (nSPS) is 25.4. The van der Waals surface area contributed by atoms with Crippen molar-refractivity contribution < 1.29 is 4.74 Å². The predicted octanol–water partition coefficient (Wildman–Crippen LogP) is 4.30. The second-order valence-electron chi connectivity index (χ2n) is 7.43. The zero-order valence-electron chi connectivity index (χ0n) is 14.2. The van der Waals surface area contributed by atoms with Gasteiger partial charge in [-0.25, -0.2) is 4.98 Å². The van der Waals surface area contributed by atoms with E-state index in [-0.39, 0.29) is 5.54 Å². The van der Waals surface area contributed by atoms with Gasteiger partial charge in [-0.3, -0.25) is 0 Å². The predicted molar refractivity (Wildman–Crippen MR) is 90.0 cm³/mol. The van der Waals surface area contributed by atoms with E-state index in [0.717, 1.165) is 19.6 Å². The number of methoxy groups -OCH3 is 1. The van der Waals surface area contributed by atoms with E-state index in [1.165, 1.54) is 30.0 Å². The van der Waals surface area contributed by atoms with Gasteiger partial charge < -0.3 is 10.1 Å². The van der Waals surface area contributed by atoms with E-state index in [2.05, 4.69) is 38.4 Å². The highest BCUT2D eigenvalue weighted by Gasteiger charge is 2.42. The molecule has 2 rings (SSSR count). The smallest absolute Gasteiger partial charge is 0.113 e. The monoisotopic (exact) mass is 310 g/mol. The first-order valence-electron chi connectivity index (χ1n) is 8.08. The molecule has 0 aliphatic heterocycles. The van der Waals surface area contributed by atoms with Crippen LogP contribution in [0.3, 0.4) is 0 Å². The van der Waals surface area contributed by atoms with E-state index in [1.54, 1.807) is 7.11 Å². The minimum atomic E-state index is 0.0398. The summed E-state index contributed by atoms with van der Waals surface area (Å²) in [5, 5.41) is 7.29. The van der Waals surface area contributed by atoms with Crippen molar-refractivity contribution in [2.24, 2.45) is 5.41 Å². The van der Waals surface area contributed by atoms with Crippen LogP contribution in [0.5, 0.6) is 0 Å². The highest BCUT2D eigenvalue weighted by Crippen LogP contribution is 2.47. The Hall–Kier alpha value is -0.450. The fourth-order valence-electron chi connectivity index (χ4n) is 3.43. The van der Waals surface area contributed by atoms with Crippen LogP contribution in [-0.2, 0) is 10.3 Å². The quantitative estimate of drug-likeness (QED) is 0.796. The van der Waals surface area contributed by atoms with Gasteiger partial charge >= 0.3 is 0 Å². The number of hydrogen-bond donors (Lipinski definition) is 1. The van der Waals surface area contributed by atoms with Gasteiger partial charge in [0.1, 0.15) is 5.01 Å². The lowest BCUT2D eigenvalue weighted by atomic mass is 9.68. The molecule has 1 atom stereocenters. The Labute approximate surface area is 133 Å². The van der Waals surface area contributed by atoms with Gasteiger partial charge in [0.15, 0.2) is 0 Å². The van der Waals surface area contributed by atoms with Crippen LogP contribution in [0, 0.1) is 5.41 Å². The molecule has 1 fully saturated rings. The summed E-state index contributed by atoms with van der Waals surface area (Å²) < 4.78 is 5.23. The Morgan fingerprint density at radius 1 is 1.38 bits per heavy atom. The van der Waals surface area contributed by atoms with Crippen molar-refractivity contribution in [2.75, 3.05) is 20.3 Å². The van der Waals surface area contributed by atoms with Gasteiger partial charge in [0, 0.05) is 19.0 Å². The molecule has 21 heavy (non-hydrogen) atoms. The van der Waals surface area contributed by atoms with Crippen molar-refractivity contribution >= 4 is 11.3 Å². The van der Waals surface area contributed by atoms with Crippen LogP contribution in [0.2, 0.25) is 0 Å². The summed E-state index contributed by atoms with van der Waals surface area (Å²) in [4.78, 5) is 4.97. The first-order valence-corrected chi connectivity index (χ1v) is 8.96. The van der Waals surface area contributed by atoms with Crippen molar-refractivity contribution in [1.29, 1.82) is 0 Å². The van der Waals surface area contributed by atoms with Crippen LogP contribution >= 0.6 is 11.3 Å². The van der Waals surface area contributed by atoms with Crippen LogP contribution in [-0.4, -0.2) is 25.2 Å². The lowest BCUT2D eigenvalue weighted by Crippen LogP contribution is -2.49. The van der Waals surface area contributed by atoms with Crippen LogP contribution in [0.4, 0.5) is 0 Å². The van der Waals surface area contributed by atoms with Crippen LogP contribution < -0.4 is 5.32 Å². The van der Waals surface area contributed by atoms with E-state index in [1.807, 2.05) is 11.3 Å². The molecule has 0 aromatic carbocycles. The number of thiazole rings is 1. The molecule has 120 valence electrons. The van der Waals surface area contributed by atoms with Gasteiger partial charge in [-0.15, -0.1) is 11.3 Å². The molecule has 0 saturated heterocycles. The Balaban J connectivity index is 2.25. The van der Waals surface area contributed by atoms with Gasteiger partial charge in [0.25, 0.3) is 0 Å². The molecule has 0 bridgehead atoms. The molecule has 1 aromatic rings. The largest absolute Gasteiger partial charge is 0.383 e. The molecule has 1 N–H and O–H groups in total. The van der Waals surface area contributed by atoms with Crippen molar-refractivity contribution in [1.82, 2.24) is 10.3 Å². The molecule has 1 aliphatic carbocycles. The minimum absolute atomic E-state index is 0.0398. The van der Waals surface area contributed by atoms with Crippen molar-refractivity contribution in [2.45, 2.75) is 64.8 Å². The number of nitrogens with zero attached hydrogens (tertiary/aromatic N) is 1. The third-order valence-electron chi connectivity index (χ3n) is 4.53. The van der Waals surface area contributed by atoms with Gasteiger partial charge in [0.05, 0.1) is 17.8 Å². The molecule has 1 saturated carbocycles. The van der Waals surface area contributed by atoms with E-state index < -0.39 is 0 Å². The standard InChI is InChI=1S/C17H30N2OS/c1-13(2)14-11-21-15(19-14)17(18-9-10-20-5)8-6-7-16(3,4)12-17/h11,13,18H,6-10,12H2,1-5H3.